The Morgan fingerprint density at radius 1 is 1.03 bits per heavy atom. The van der Waals surface area contributed by atoms with Gasteiger partial charge in [-0.15, -0.1) is 0 Å². The van der Waals surface area contributed by atoms with Gasteiger partial charge in [0.1, 0.15) is 5.82 Å². The van der Waals surface area contributed by atoms with Gasteiger partial charge in [0.05, 0.1) is 11.7 Å². The number of rotatable bonds is 7. The normalized spacial score (nSPS) is 15.7. The lowest BCUT2D eigenvalue weighted by Crippen LogP contribution is -2.35. The summed E-state index contributed by atoms with van der Waals surface area (Å²) in [5, 5.41) is 0. The SMILES string of the molecule is CS(=O)(=O)Nc1ccc(C(=O)COC(=O)C2(c3ccc(F)cc3)CCCC2)cc1. The lowest BCUT2D eigenvalue weighted by atomic mass is 9.79. The lowest BCUT2D eigenvalue weighted by molar-refractivity contribution is -0.149. The van der Waals surface area contributed by atoms with E-state index in [1.807, 2.05) is 0 Å². The van der Waals surface area contributed by atoms with Crippen LogP contribution in [0.25, 0.3) is 0 Å². The average Bonchev–Trinajstić information content (AvgIpc) is 3.17. The number of ketones is 1. The zero-order chi connectivity index (χ0) is 21.1. The highest BCUT2D eigenvalue weighted by molar-refractivity contribution is 7.92. The van der Waals surface area contributed by atoms with Crippen molar-refractivity contribution in [3.8, 4) is 0 Å². The molecule has 0 amide bonds. The number of ether oxygens (including phenoxy) is 1. The van der Waals surface area contributed by atoms with Crippen LogP contribution in [0.15, 0.2) is 48.5 Å². The second kappa shape index (κ2) is 8.32. The molecule has 3 rings (SSSR count). The fraction of sp³-hybridized carbons (Fsp3) is 0.333. The quantitative estimate of drug-likeness (QED) is 0.549. The van der Waals surface area contributed by atoms with Crippen molar-refractivity contribution in [3.05, 3.63) is 65.5 Å². The topological polar surface area (TPSA) is 89.5 Å². The highest BCUT2D eigenvalue weighted by Crippen LogP contribution is 2.42. The van der Waals surface area contributed by atoms with Crippen LogP contribution in [0.3, 0.4) is 0 Å². The predicted molar refractivity (Wildman–Crippen MR) is 107 cm³/mol. The molecule has 0 atom stereocenters. The molecule has 0 aliphatic heterocycles. The Morgan fingerprint density at radius 2 is 1.62 bits per heavy atom. The van der Waals surface area contributed by atoms with Gasteiger partial charge in [-0.05, 0) is 54.8 Å². The molecule has 1 fully saturated rings. The van der Waals surface area contributed by atoms with Crippen LogP contribution in [0, 0.1) is 5.82 Å². The second-order valence-corrected chi connectivity index (χ2v) is 9.00. The van der Waals surface area contributed by atoms with E-state index in [1.54, 1.807) is 12.1 Å². The number of hydrogen-bond donors (Lipinski definition) is 1. The van der Waals surface area contributed by atoms with Crippen molar-refractivity contribution in [2.24, 2.45) is 0 Å². The van der Waals surface area contributed by atoms with Crippen molar-refractivity contribution in [1.29, 1.82) is 0 Å². The molecule has 0 spiro atoms. The Hall–Kier alpha value is -2.74. The summed E-state index contributed by atoms with van der Waals surface area (Å²) in [6, 6.07) is 11.7. The fourth-order valence-electron chi connectivity index (χ4n) is 3.65. The van der Waals surface area contributed by atoms with Crippen molar-refractivity contribution in [2.45, 2.75) is 31.1 Å². The first kappa shape index (κ1) is 21.0. The van der Waals surface area contributed by atoms with Crippen LogP contribution in [0.5, 0.6) is 0 Å². The summed E-state index contributed by atoms with van der Waals surface area (Å²) >= 11 is 0. The van der Waals surface area contributed by atoms with Gasteiger partial charge in [0.25, 0.3) is 0 Å². The van der Waals surface area contributed by atoms with Gasteiger partial charge in [-0.1, -0.05) is 25.0 Å². The molecule has 0 bridgehead atoms. The maximum absolute atomic E-state index is 13.3. The van der Waals surface area contributed by atoms with Crippen molar-refractivity contribution >= 4 is 27.5 Å². The standard InChI is InChI=1S/C21H22FNO5S/c1-29(26,27)23-18-10-4-15(5-11-18)19(24)14-28-20(25)21(12-2-3-13-21)16-6-8-17(22)9-7-16/h4-11,23H,2-3,12-14H2,1H3. The number of halogens is 1. The molecule has 0 saturated heterocycles. The maximum atomic E-state index is 13.3. The fourth-order valence-corrected chi connectivity index (χ4v) is 4.21. The van der Waals surface area contributed by atoms with Gasteiger partial charge < -0.3 is 4.74 Å². The third-order valence-corrected chi connectivity index (χ3v) is 5.70. The minimum atomic E-state index is -3.40. The van der Waals surface area contributed by atoms with E-state index < -0.39 is 33.8 Å². The highest BCUT2D eigenvalue weighted by atomic mass is 32.2. The van der Waals surface area contributed by atoms with E-state index in [1.165, 1.54) is 36.4 Å². The van der Waals surface area contributed by atoms with Gasteiger partial charge >= 0.3 is 5.97 Å². The van der Waals surface area contributed by atoms with Crippen molar-refractivity contribution in [2.75, 3.05) is 17.6 Å². The van der Waals surface area contributed by atoms with E-state index in [9.17, 15) is 22.4 Å². The zero-order valence-corrected chi connectivity index (χ0v) is 16.8. The van der Waals surface area contributed by atoms with Gasteiger partial charge in [0.2, 0.25) is 10.0 Å². The van der Waals surface area contributed by atoms with Crippen LogP contribution < -0.4 is 4.72 Å². The zero-order valence-electron chi connectivity index (χ0n) is 16.0. The molecule has 8 heteroatoms. The lowest BCUT2D eigenvalue weighted by Gasteiger charge is -2.27. The van der Waals surface area contributed by atoms with Gasteiger partial charge in [-0.3, -0.25) is 14.3 Å². The molecule has 2 aromatic rings. The number of hydrogen-bond acceptors (Lipinski definition) is 5. The molecule has 29 heavy (non-hydrogen) atoms. The molecule has 1 N–H and O–H groups in total. The van der Waals surface area contributed by atoms with Gasteiger partial charge in [-0.25, -0.2) is 12.8 Å². The van der Waals surface area contributed by atoms with E-state index in [0.717, 1.165) is 19.1 Å². The minimum absolute atomic E-state index is 0.305. The number of nitrogens with one attached hydrogen (secondary N) is 1. The first-order valence-corrected chi connectivity index (χ1v) is 11.1. The number of esters is 1. The minimum Gasteiger partial charge on any atom is -0.457 e. The Morgan fingerprint density at radius 3 is 2.17 bits per heavy atom. The van der Waals surface area contributed by atoms with Crippen LogP contribution in [0.4, 0.5) is 10.1 Å². The smallest absolute Gasteiger partial charge is 0.317 e. The Kier molecular flexibility index (Phi) is 6.02. The summed E-state index contributed by atoms with van der Waals surface area (Å²) in [6.07, 6.45) is 3.94. The molecule has 2 aromatic carbocycles. The summed E-state index contributed by atoms with van der Waals surface area (Å²) in [5.41, 5.74) is 0.489. The molecule has 1 aliphatic carbocycles. The first-order chi connectivity index (χ1) is 13.7. The van der Waals surface area contributed by atoms with Crippen molar-refractivity contribution < 1.29 is 27.1 Å². The third kappa shape index (κ3) is 5.00. The van der Waals surface area contributed by atoms with E-state index >= 15 is 0 Å². The molecule has 6 nitrogen and oxygen atoms in total. The summed E-state index contributed by atoms with van der Waals surface area (Å²) in [6.45, 7) is -0.416. The van der Waals surface area contributed by atoms with Gasteiger partial charge in [-0.2, -0.15) is 0 Å². The molecule has 0 radical (unpaired) electrons. The highest BCUT2D eigenvalue weighted by Gasteiger charge is 2.44. The maximum Gasteiger partial charge on any atom is 0.317 e. The summed E-state index contributed by atoms with van der Waals surface area (Å²) < 4.78 is 43.4. The predicted octanol–water partition coefficient (Wildman–Crippen LogP) is 3.44. The largest absolute Gasteiger partial charge is 0.457 e. The number of carbonyl (C=O) groups is 2. The number of carbonyl (C=O) groups excluding carboxylic acids is 2. The van der Waals surface area contributed by atoms with Gasteiger partial charge in [0, 0.05) is 11.3 Å². The molecule has 0 heterocycles. The first-order valence-electron chi connectivity index (χ1n) is 9.24. The Balaban J connectivity index is 1.67. The molecule has 0 unspecified atom stereocenters. The summed E-state index contributed by atoms with van der Waals surface area (Å²) in [5.74, 6) is -1.25. The Bertz CT molecular complexity index is 994. The molecular formula is C21H22FNO5S. The van der Waals surface area contributed by atoms with Gasteiger partial charge in [0.15, 0.2) is 12.4 Å². The van der Waals surface area contributed by atoms with Crippen molar-refractivity contribution in [1.82, 2.24) is 0 Å². The monoisotopic (exact) mass is 419 g/mol. The number of anilines is 1. The molecule has 154 valence electrons. The summed E-state index contributed by atoms with van der Waals surface area (Å²) in [7, 11) is -3.40. The van der Waals surface area contributed by atoms with E-state index in [-0.39, 0.29) is 5.82 Å². The van der Waals surface area contributed by atoms with Crippen molar-refractivity contribution in [3.63, 3.8) is 0 Å². The van der Waals surface area contributed by atoms with E-state index in [2.05, 4.69) is 4.72 Å². The number of benzene rings is 2. The molecular weight excluding hydrogens is 397 g/mol. The average molecular weight is 419 g/mol. The molecule has 0 aromatic heterocycles. The van der Waals surface area contributed by atoms with Crippen LogP contribution in [0.1, 0.15) is 41.6 Å². The van der Waals surface area contributed by atoms with Crippen LogP contribution in [-0.2, 0) is 25.0 Å². The van der Waals surface area contributed by atoms with E-state index in [4.69, 9.17) is 4.74 Å². The van der Waals surface area contributed by atoms with Crippen LogP contribution in [-0.4, -0.2) is 33.0 Å². The third-order valence-electron chi connectivity index (χ3n) is 5.09. The van der Waals surface area contributed by atoms with Crippen LogP contribution >= 0.6 is 0 Å². The summed E-state index contributed by atoms with van der Waals surface area (Å²) in [4.78, 5) is 25.2. The number of sulfonamides is 1. The molecule has 1 aliphatic rings. The Labute approximate surface area is 169 Å². The number of Topliss-reactive ketones (excluding diaryl/α,β-unsaturated/α-hetero) is 1. The second-order valence-electron chi connectivity index (χ2n) is 7.25. The molecule has 1 saturated carbocycles. The van der Waals surface area contributed by atoms with E-state index in [0.29, 0.717) is 29.7 Å². The van der Waals surface area contributed by atoms with Crippen LogP contribution in [0.2, 0.25) is 0 Å².